The molecular formula is C11H8ClNO2S. The molecule has 0 unspecified atom stereocenters. The molecule has 82 valence electrons. The Labute approximate surface area is 102 Å². The molecule has 1 aromatic heterocycles. The van der Waals surface area contributed by atoms with Crippen molar-refractivity contribution in [1.82, 2.24) is 4.98 Å². The average molecular weight is 254 g/mol. The zero-order chi connectivity index (χ0) is 11.4. The van der Waals surface area contributed by atoms with Crippen LogP contribution in [0.1, 0.15) is 5.69 Å². The van der Waals surface area contributed by atoms with Crippen molar-refractivity contribution in [3.8, 4) is 5.75 Å². The van der Waals surface area contributed by atoms with Crippen molar-refractivity contribution in [3.63, 3.8) is 0 Å². The first-order chi connectivity index (χ1) is 7.74. The van der Waals surface area contributed by atoms with Crippen LogP contribution in [0.3, 0.4) is 0 Å². The molecule has 0 saturated heterocycles. The van der Waals surface area contributed by atoms with E-state index in [0.717, 1.165) is 5.69 Å². The lowest BCUT2D eigenvalue weighted by Crippen LogP contribution is -2.11. The molecule has 0 saturated carbocycles. The van der Waals surface area contributed by atoms with E-state index in [0.29, 0.717) is 10.8 Å². The van der Waals surface area contributed by atoms with Gasteiger partial charge in [0.2, 0.25) is 0 Å². The van der Waals surface area contributed by atoms with Crippen molar-refractivity contribution < 1.29 is 9.53 Å². The topological polar surface area (TPSA) is 39.2 Å². The van der Waals surface area contributed by atoms with Gasteiger partial charge in [-0.3, -0.25) is 4.79 Å². The summed E-state index contributed by atoms with van der Waals surface area (Å²) in [7, 11) is 0. The number of carbonyl (C=O) groups is 1. The predicted octanol–water partition coefficient (Wildman–Crippen LogP) is 2.94. The first-order valence-corrected chi connectivity index (χ1v) is 5.89. The maximum atomic E-state index is 11.5. The van der Waals surface area contributed by atoms with Crippen LogP contribution < -0.4 is 4.74 Å². The summed E-state index contributed by atoms with van der Waals surface area (Å²) in [6.07, 6.45) is 0.187. The number of nitrogens with zero attached hydrogens (tertiary/aromatic N) is 1. The number of hydrogen-bond acceptors (Lipinski definition) is 4. The molecule has 16 heavy (non-hydrogen) atoms. The lowest BCUT2D eigenvalue weighted by Gasteiger charge is -2.02. The largest absolute Gasteiger partial charge is 0.426 e. The third-order valence-electron chi connectivity index (χ3n) is 1.85. The number of benzene rings is 1. The number of ether oxygens (including phenoxy) is 1. The number of thiazole rings is 1. The molecule has 0 fully saturated rings. The minimum atomic E-state index is -0.326. The van der Waals surface area contributed by atoms with Gasteiger partial charge in [-0.25, -0.2) is 4.98 Å². The van der Waals surface area contributed by atoms with Crippen LogP contribution in [-0.4, -0.2) is 11.0 Å². The Bertz CT molecular complexity index is 467. The maximum Gasteiger partial charge on any atom is 0.317 e. The van der Waals surface area contributed by atoms with Crippen LogP contribution in [0.4, 0.5) is 0 Å². The van der Waals surface area contributed by atoms with Gasteiger partial charge in [0.1, 0.15) is 5.75 Å². The molecule has 0 radical (unpaired) electrons. The normalized spacial score (nSPS) is 10.1. The van der Waals surface area contributed by atoms with Gasteiger partial charge < -0.3 is 4.74 Å². The van der Waals surface area contributed by atoms with Gasteiger partial charge in [-0.2, -0.15) is 0 Å². The zero-order valence-corrected chi connectivity index (χ0v) is 9.79. The molecule has 5 heteroatoms. The highest BCUT2D eigenvalue weighted by molar-refractivity contribution is 7.07. The number of esters is 1. The molecule has 1 heterocycles. The van der Waals surface area contributed by atoms with E-state index in [-0.39, 0.29) is 12.4 Å². The van der Waals surface area contributed by atoms with Crippen LogP contribution in [0.25, 0.3) is 0 Å². The van der Waals surface area contributed by atoms with E-state index in [4.69, 9.17) is 16.3 Å². The van der Waals surface area contributed by atoms with Crippen LogP contribution in [0.15, 0.2) is 35.2 Å². The molecule has 2 rings (SSSR count). The van der Waals surface area contributed by atoms with Crippen LogP contribution in [0.2, 0.25) is 5.02 Å². The molecule has 1 aromatic carbocycles. The average Bonchev–Trinajstić information content (AvgIpc) is 2.74. The SMILES string of the molecule is O=C(Cc1cscn1)Oc1ccc(Cl)cc1. The zero-order valence-electron chi connectivity index (χ0n) is 8.22. The fourth-order valence-electron chi connectivity index (χ4n) is 1.14. The Hall–Kier alpha value is -1.39. The molecule has 0 spiro atoms. The third kappa shape index (κ3) is 3.05. The smallest absolute Gasteiger partial charge is 0.317 e. The number of rotatable bonds is 3. The Kier molecular flexibility index (Phi) is 3.54. The molecule has 0 aliphatic heterocycles. The Morgan fingerprint density at radius 3 is 2.75 bits per heavy atom. The van der Waals surface area contributed by atoms with Crippen LogP contribution in [0, 0.1) is 0 Å². The van der Waals surface area contributed by atoms with E-state index in [1.54, 1.807) is 29.8 Å². The lowest BCUT2D eigenvalue weighted by molar-refractivity contribution is -0.133. The first-order valence-electron chi connectivity index (χ1n) is 4.57. The number of carbonyl (C=O) groups excluding carboxylic acids is 1. The quantitative estimate of drug-likeness (QED) is 0.624. The first kappa shape index (κ1) is 11.1. The second kappa shape index (κ2) is 5.09. The highest BCUT2D eigenvalue weighted by Crippen LogP contribution is 2.16. The summed E-state index contributed by atoms with van der Waals surface area (Å²) in [6.45, 7) is 0. The monoisotopic (exact) mass is 253 g/mol. The Morgan fingerprint density at radius 2 is 2.12 bits per heavy atom. The molecule has 0 N–H and O–H groups in total. The van der Waals surface area contributed by atoms with Gasteiger partial charge in [0.25, 0.3) is 0 Å². The lowest BCUT2D eigenvalue weighted by atomic mass is 10.3. The molecule has 0 aliphatic carbocycles. The minimum absolute atomic E-state index is 0.187. The summed E-state index contributed by atoms with van der Waals surface area (Å²) in [4.78, 5) is 15.5. The summed E-state index contributed by atoms with van der Waals surface area (Å²) in [6, 6.07) is 6.66. The summed E-state index contributed by atoms with van der Waals surface area (Å²) >= 11 is 7.17. The van der Waals surface area contributed by atoms with Gasteiger partial charge in [-0.15, -0.1) is 11.3 Å². The molecule has 0 atom stereocenters. The van der Waals surface area contributed by atoms with E-state index in [1.165, 1.54) is 11.3 Å². The molecule has 0 amide bonds. The van der Waals surface area contributed by atoms with Crippen molar-refractivity contribution in [2.24, 2.45) is 0 Å². The summed E-state index contributed by atoms with van der Waals surface area (Å²) in [5, 5.41) is 2.43. The Balaban J connectivity index is 1.95. The van der Waals surface area contributed by atoms with Crippen molar-refractivity contribution in [1.29, 1.82) is 0 Å². The van der Waals surface area contributed by atoms with E-state index in [2.05, 4.69) is 4.98 Å². The second-order valence-electron chi connectivity index (χ2n) is 3.08. The number of aromatic nitrogens is 1. The highest BCUT2D eigenvalue weighted by Gasteiger charge is 2.07. The minimum Gasteiger partial charge on any atom is -0.426 e. The fraction of sp³-hybridized carbons (Fsp3) is 0.0909. The van der Waals surface area contributed by atoms with Gasteiger partial charge in [0.05, 0.1) is 17.6 Å². The van der Waals surface area contributed by atoms with Crippen LogP contribution >= 0.6 is 22.9 Å². The van der Waals surface area contributed by atoms with Gasteiger partial charge in [-0.1, -0.05) is 11.6 Å². The van der Waals surface area contributed by atoms with Crippen molar-refractivity contribution in [2.75, 3.05) is 0 Å². The van der Waals surface area contributed by atoms with Gasteiger partial charge in [-0.05, 0) is 24.3 Å². The van der Waals surface area contributed by atoms with Crippen molar-refractivity contribution >= 4 is 28.9 Å². The standard InChI is InChI=1S/C11H8ClNO2S/c12-8-1-3-10(4-2-8)15-11(14)5-9-6-16-7-13-9/h1-4,6-7H,5H2. The number of hydrogen-bond donors (Lipinski definition) is 0. The predicted molar refractivity (Wildman–Crippen MR) is 62.9 cm³/mol. The fourth-order valence-corrected chi connectivity index (χ4v) is 1.83. The van der Waals surface area contributed by atoms with Crippen LogP contribution in [0.5, 0.6) is 5.75 Å². The van der Waals surface area contributed by atoms with Crippen molar-refractivity contribution in [2.45, 2.75) is 6.42 Å². The summed E-state index contributed by atoms with van der Waals surface area (Å²) in [5.41, 5.74) is 2.41. The van der Waals surface area contributed by atoms with Crippen molar-refractivity contribution in [3.05, 3.63) is 45.9 Å². The van der Waals surface area contributed by atoms with E-state index in [1.807, 2.05) is 5.38 Å². The number of halogens is 1. The Morgan fingerprint density at radius 1 is 1.38 bits per heavy atom. The van der Waals surface area contributed by atoms with Gasteiger partial charge in [0, 0.05) is 10.4 Å². The molecule has 0 bridgehead atoms. The van der Waals surface area contributed by atoms with E-state index >= 15 is 0 Å². The van der Waals surface area contributed by atoms with E-state index in [9.17, 15) is 4.79 Å². The molecule has 3 nitrogen and oxygen atoms in total. The summed E-state index contributed by atoms with van der Waals surface area (Å²) in [5.74, 6) is 0.165. The molecular weight excluding hydrogens is 246 g/mol. The summed E-state index contributed by atoms with van der Waals surface area (Å²) < 4.78 is 5.11. The maximum absolute atomic E-state index is 11.5. The van der Waals surface area contributed by atoms with Gasteiger partial charge >= 0.3 is 5.97 Å². The second-order valence-corrected chi connectivity index (χ2v) is 4.24. The molecule has 2 aromatic rings. The third-order valence-corrected chi connectivity index (χ3v) is 2.74. The van der Waals surface area contributed by atoms with Gasteiger partial charge in [0.15, 0.2) is 0 Å². The van der Waals surface area contributed by atoms with E-state index < -0.39 is 0 Å². The highest BCUT2D eigenvalue weighted by atomic mass is 35.5. The van der Waals surface area contributed by atoms with Crippen LogP contribution in [-0.2, 0) is 11.2 Å². The molecule has 0 aliphatic rings.